The zero-order valence-electron chi connectivity index (χ0n) is 51.2. The smallest absolute Gasteiger partial charge is 0.306 e. The van der Waals surface area contributed by atoms with Crippen molar-refractivity contribution in [1.29, 1.82) is 0 Å². The number of ether oxygens (including phenoxy) is 4. The van der Waals surface area contributed by atoms with E-state index in [-0.39, 0.29) is 49.6 Å². The van der Waals surface area contributed by atoms with Gasteiger partial charge in [0.15, 0.2) is 15.2 Å². The fraction of sp³-hybridized carbons (Fsp3) is 0.851. The van der Waals surface area contributed by atoms with Gasteiger partial charge in [0.1, 0.15) is 37.6 Å². The maximum absolute atomic E-state index is 13.9. The fourth-order valence-electron chi connectivity index (χ4n) is 10.0. The van der Waals surface area contributed by atoms with Gasteiger partial charge in [0.2, 0.25) is 0 Å². The zero-order chi connectivity index (χ0) is 56.2. The minimum atomic E-state index is -0.894. The van der Waals surface area contributed by atoms with E-state index in [2.05, 4.69) is 62.3 Å². The third-order valence-corrected chi connectivity index (χ3v) is 16.2. The Morgan fingerprint density at radius 1 is 0.382 bits per heavy atom. The highest BCUT2D eigenvalue weighted by atomic mass is 32.1. The molecule has 0 saturated carbocycles. The summed E-state index contributed by atoms with van der Waals surface area (Å²) in [4.78, 5) is 13.9. The topological polar surface area (TPSA) is 74.2 Å². The number of hydrogen-bond donors (Lipinski definition) is 1. The second-order valence-corrected chi connectivity index (χ2v) is 26.5. The van der Waals surface area contributed by atoms with Crippen LogP contribution < -0.4 is 0 Å². The highest BCUT2D eigenvalue weighted by molar-refractivity contribution is 7.80. The van der Waals surface area contributed by atoms with E-state index in [0.717, 1.165) is 55.2 Å². The first-order valence-corrected chi connectivity index (χ1v) is 33.2. The van der Waals surface area contributed by atoms with Crippen molar-refractivity contribution in [3.05, 3.63) is 28.8 Å². The van der Waals surface area contributed by atoms with Crippen molar-refractivity contribution in [2.45, 2.75) is 336 Å². The van der Waals surface area contributed by atoms with E-state index in [1.165, 1.54) is 193 Å². The van der Waals surface area contributed by atoms with Crippen LogP contribution in [0.15, 0.2) is 12.1 Å². The second-order valence-electron chi connectivity index (χ2n) is 25.1. The molecular weight excluding hydrogens is 997 g/mol. The number of unbranched alkanes of at least 4 members (excludes halogenated alkanes) is 33. The zero-order valence-corrected chi connectivity index (χ0v) is 53.6. The Kier molecular flexibility index (Phi) is 43.5. The van der Waals surface area contributed by atoms with Crippen molar-refractivity contribution in [2.75, 3.05) is 26.4 Å². The number of phenols is 1. The maximum atomic E-state index is 13.9. The van der Waals surface area contributed by atoms with Crippen molar-refractivity contribution in [3.63, 3.8) is 0 Å². The quantitative estimate of drug-likeness (QED) is 0.0390. The standard InChI is InChI=1S/C67H120O6S3/c1-10-13-16-19-22-25-28-31-34-37-40-43-46-61(74)71-54-67(55-72-62(75)47-44-41-38-35-32-29-26-23-20-17-14-11-2,56-73-63(76)48-45-42-39-36-33-30-27-24-21-18-15-12-3)53-70-60(68)50-49-57-51-58(65(4,5)6)64(69)59(52-57)66(7,8)9/h51-52,69H,10-50,53-56H2,1-9H3. The molecule has 0 atom stereocenters. The van der Waals surface area contributed by atoms with Crippen LogP contribution in [0.25, 0.3) is 0 Å². The molecule has 0 aliphatic heterocycles. The molecule has 0 amide bonds. The number of phenolic OH excluding ortho intramolecular Hbond substituents is 1. The minimum Gasteiger partial charge on any atom is -0.507 e. The highest BCUT2D eigenvalue weighted by Gasteiger charge is 2.37. The molecule has 0 bridgehead atoms. The van der Waals surface area contributed by atoms with E-state index in [1.54, 1.807) is 0 Å². The molecule has 76 heavy (non-hydrogen) atoms. The predicted molar refractivity (Wildman–Crippen MR) is 340 cm³/mol. The number of thiocarbonyl (C=S) groups is 3. The van der Waals surface area contributed by atoms with Crippen molar-refractivity contribution >= 4 is 57.8 Å². The number of aryl methyl sites for hydroxylation is 1. The van der Waals surface area contributed by atoms with Gasteiger partial charge in [-0.05, 0) is 89.9 Å². The Bertz CT molecular complexity index is 1490. The maximum Gasteiger partial charge on any atom is 0.306 e. The van der Waals surface area contributed by atoms with Gasteiger partial charge in [-0.3, -0.25) is 4.79 Å². The first-order chi connectivity index (χ1) is 36.5. The molecule has 0 unspecified atom stereocenters. The van der Waals surface area contributed by atoms with Gasteiger partial charge >= 0.3 is 5.97 Å². The van der Waals surface area contributed by atoms with E-state index in [9.17, 15) is 9.90 Å². The number of carbonyl (C=O) groups excluding carboxylic acids is 1. The molecule has 0 aliphatic carbocycles. The molecule has 1 aromatic carbocycles. The van der Waals surface area contributed by atoms with Gasteiger partial charge < -0.3 is 24.1 Å². The number of rotatable bonds is 50. The Labute approximate surface area is 486 Å². The van der Waals surface area contributed by atoms with Crippen molar-refractivity contribution in [1.82, 2.24) is 0 Å². The summed E-state index contributed by atoms with van der Waals surface area (Å²) in [5.74, 6) is 0.0190. The Hall–Kier alpha value is -1.84. The van der Waals surface area contributed by atoms with Crippen LogP contribution >= 0.6 is 36.7 Å². The van der Waals surface area contributed by atoms with Crippen LogP contribution in [0.4, 0.5) is 0 Å². The molecule has 1 N–H and O–H groups in total. The van der Waals surface area contributed by atoms with E-state index in [4.69, 9.17) is 55.6 Å². The summed E-state index contributed by atoms with van der Waals surface area (Å²) in [5, 5.41) is 13.1. The molecule has 0 aliphatic rings. The number of aromatic hydroxyl groups is 1. The van der Waals surface area contributed by atoms with Crippen LogP contribution in [0.3, 0.4) is 0 Å². The van der Waals surface area contributed by atoms with Crippen molar-refractivity contribution in [2.24, 2.45) is 5.41 Å². The third-order valence-electron chi connectivity index (χ3n) is 15.3. The molecule has 0 heterocycles. The predicted octanol–water partition coefficient (Wildman–Crippen LogP) is 21.8. The molecule has 0 spiro atoms. The lowest BCUT2D eigenvalue weighted by molar-refractivity contribution is -0.150. The molecular formula is C67H120O6S3. The van der Waals surface area contributed by atoms with Gasteiger partial charge in [0.05, 0.1) is 0 Å². The van der Waals surface area contributed by atoms with Crippen LogP contribution in [0.1, 0.15) is 336 Å². The molecule has 442 valence electrons. The van der Waals surface area contributed by atoms with Gasteiger partial charge in [-0.25, -0.2) is 0 Å². The Balaban J connectivity index is 3.10. The van der Waals surface area contributed by atoms with E-state index < -0.39 is 5.41 Å². The van der Waals surface area contributed by atoms with Crippen LogP contribution in [0.5, 0.6) is 5.75 Å². The van der Waals surface area contributed by atoms with Crippen LogP contribution in [0, 0.1) is 5.41 Å². The molecule has 6 nitrogen and oxygen atoms in total. The van der Waals surface area contributed by atoms with Crippen molar-refractivity contribution < 1.29 is 28.8 Å². The fourth-order valence-corrected chi connectivity index (χ4v) is 10.6. The molecule has 0 saturated heterocycles. The highest BCUT2D eigenvalue weighted by Crippen LogP contribution is 2.40. The molecule has 1 rings (SSSR count). The van der Waals surface area contributed by atoms with E-state index in [1.807, 2.05) is 12.1 Å². The number of esters is 1. The molecule has 0 aromatic heterocycles. The van der Waals surface area contributed by atoms with Crippen molar-refractivity contribution in [3.8, 4) is 5.75 Å². The van der Waals surface area contributed by atoms with Gasteiger partial charge in [-0.1, -0.05) is 286 Å². The lowest BCUT2D eigenvalue weighted by Gasteiger charge is -2.33. The number of hydrogen-bond acceptors (Lipinski definition) is 9. The lowest BCUT2D eigenvalue weighted by Crippen LogP contribution is -2.43. The molecule has 1 aromatic rings. The first kappa shape index (κ1) is 72.2. The summed E-state index contributed by atoms with van der Waals surface area (Å²) in [7, 11) is 0. The second kappa shape index (κ2) is 45.8. The van der Waals surface area contributed by atoms with Gasteiger partial charge in [0.25, 0.3) is 0 Å². The number of benzene rings is 1. The van der Waals surface area contributed by atoms with Crippen LogP contribution in [0.2, 0.25) is 0 Å². The summed E-state index contributed by atoms with van der Waals surface area (Å²) in [6, 6.07) is 4.09. The summed E-state index contributed by atoms with van der Waals surface area (Å²) >= 11 is 17.6. The average molecular weight is 1120 g/mol. The molecule has 0 fully saturated rings. The summed E-state index contributed by atoms with van der Waals surface area (Å²) in [5.41, 5.74) is 1.33. The molecule has 9 heteroatoms. The lowest BCUT2D eigenvalue weighted by atomic mass is 9.78. The SMILES string of the molecule is CCCCCCCCCCCCCCC(=S)OCC(COC(=O)CCc1cc(C(C)(C)C)c(O)c(C(C)(C)C)c1)(COC(=S)CCCCCCCCCCCCCC)COC(=S)CCCCCCCCCCCCCC. The molecule has 0 radical (unpaired) electrons. The van der Waals surface area contributed by atoms with Gasteiger partial charge in [0, 0.05) is 25.7 Å². The monoisotopic (exact) mass is 1120 g/mol. The van der Waals surface area contributed by atoms with Crippen LogP contribution in [-0.4, -0.2) is 52.7 Å². The normalized spacial score (nSPS) is 12.0. The summed E-state index contributed by atoms with van der Waals surface area (Å²) in [6.45, 7) is 20.0. The largest absolute Gasteiger partial charge is 0.507 e. The van der Waals surface area contributed by atoms with E-state index in [0.29, 0.717) is 46.6 Å². The summed E-state index contributed by atoms with van der Waals surface area (Å²) in [6.07, 6.45) is 49.0. The average Bonchev–Trinajstić information content (AvgIpc) is 3.38. The van der Waals surface area contributed by atoms with Gasteiger partial charge in [-0.2, -0.15) is 0 Å². The van der Waals surface area contributed by atoms with E-state index >= 15 is 0 Å². The van der Waals surface area contributed by atoms with Gasteiger partial charge in [-0.15, -0.1) is 0 Å². The van der Waals surface area contributed by atoms with Crippen LogP contribution in [-0.2, 0) is 41.0 Å². The summed E-state index contributed by atoms with van der Waals surface area (Å²) < 4.78 is 25.6. The third kappa shape index (κ3) is 38.7. The number of carbonyl (C=O) groups is 1. The first-order valence-electron chi connectivity index (χ1n) is 32.0. The minimum absolute atomic E-state index is 0.0194. The Morgan fingerprint density at radius 3 is 0.868 bits per heavy atom. The Morgan fingerprint density at radius 2 is 0.618 bits per heavy atom.